The van der Waals surface area contributed by atoms with Crippen molar-refractivity contribution in [2.45, 2.75) is 57.8 Å². The minimum atomic E-state index is -0.677. The maximum atomic E-state index is 13.1. The Labute approximate surface area is 253 Å². The lowest BCUT2D eigenvalue weighted by molar-refractivity contribution is -0.123. The molecule has 1 fully saturated rings. The highest BCUT2D eigenvalue weighted by atomic mass is 32.1. The smallest absolute Gasteiger partial charge is 0.348 e. The van der Waals surface area contributed by atoms with Crippen molar-refractivity contribution >= 4 is 50.4 Å². The first-order valence-electron chi connectivity index (χ1n) is 14.0. The number of hydrogen-bond acceptors (Lipinski definition) is 7. The molecule has 2 heterocycles. The quantitative estimate of drug-likeness (QED) is 0.0820. The Bertz CT molecular complexity index is 1390. The molecule has 0 N–H and O–H groups in total. The Morgan fingerprint density at radius 1 is 1.02 bits per heavy atom. The van der Waals surface area contributed by atoms with Crippen molar-refractivity contribution in [2.75, 3.05) is 19.1 Å². The first kappa shape index (κ1) is 31.4. The average molecular weight is 609 g/mol. The van der Waals surface area contributed by atoms with E-state index in [4.69, 9.17) is 14.2 Å². The second-order valence-electron chi connectivity index (χ2n) is 9.94. The van der Waals surface area contributed by atoms with Gasteiger partial charge in [0.15, 0.2) is 0 Å². The van der Waals surface area contributed by atoms with Crippen LogP contribution in [-0.4, -0.2) is 42.8 Å². The first-order valence-corrected chi connectivity index (χ1v) is 15.3. The number of methoxy groups -OCH3 is 2. The van der Waals surface area contributed by atoms with Gasteiger partial charge in [-0.05, 0) is 75.8 Å². The lowest BCUT2D eigenvalue weighted by Crippen LogP contribution is -2.34. The summed E-state index contributed by atoms with van der Waals surface area (Å²) >= 11 is 1.30. The lowest BCUT2D eigenvalue weighted by atomic mass is 10.0. The molecule has 0 radical (unpaired) electrons. The summed E-state index contributed by atoms with van der Waals surface area (Å²) < 4.78 is 17.5. The van der Waals surface area contributed by atoms with Crippen molar-refractivity contribution in [1.29, 1.82) is 0 Å². The number of amides is 3. The molecule has 0 spiro atoms. The Morgan fingerprint density at radius 2 is 1.76 bits per heavy atom. The van der Waals surface area contributed by atoms with E-state index >= 15 is 0 Å². The van der Waals surface area contributed by atoms with E-state index in [0.29, 0.717) is 23.6 Å². The third-order valence-corrected chi connectivity index (χ3v) is 8.63. The summed E-state index contributed by atoms with van der Waals surface area (Å²) in [4.78, 5) is 40.7. The zero-order chi connectivity index (χ0) is 30.1. The molecule has 0 saturated carbocycles. The van der Waals surface area contributed by atoms with Crippen molar-refractivity contribution in [2.24, 2.45) is 0 Å². The molecule has 2 aromatic carbocycles. The Hall–Kier alpha value is -3.52. The van der Waals surface area contributed by atoms with Gasteiger partial charge in [0.25, 0.3) is 5.91 Å². The van der Waals surface area contributed by atoms with Gasteiger partial charge in [0.05, 0.1) is 26.9 Å². The van der Waals surface area contributed by atoms with E-state index in [2.05, 4.69) is 16.3 Å². The summed E-state index contributed by atoms with van der Waals surface area (Å²) in [6, 6.07) is 18.0. The van der Waals surface area contributed by atoms with Crippen LogP contribution in [0.4, 0.5) is 10.5 Å². The van der Waals surface area contributed by atoms with Gasteiger partial charge in [0, 0.05) is 10.6 Å². The number of ether oxygens (including phenoxy) is 3. The van der Waals surface area contributed by atoms with E-state index in [0.717, 1.165) is 52.1 Å². The van der Waals surface area contributed by atoms with E-state index < -0.39 is 12.1 Å². The van der Waals surface area contributed by atoms with Gasteiger partial charge in [-0.2, -0.15) is 0 Å². The summed E-state index contributed by atoms with van der Waals surface area (Å²) in [6.07, 6.45) is 8.11. The van der Waals surface area contributed by atoms with Crippen molar-refractivity contribution in [1.82, 2.24) is 4.67 Å². The molecular formula is C32H37N2O6PS. The van der Waals surface area contributed by atoms with Gasteiger partial charge in [0.2, 0.25) is 0 Å². The van der Waals surface area contributed by atoms with Gasteiger partial charge in [-0.25, -0.2) is 14.3 Å². The van der Waals surface area contributed by atoms with Crippen LogP contribution in [0.3, 0.4) is 0 Å². The first-order chi connectivity index (χ1) is 20.4. The van der Waals surface area contributed by atoms with Crippen molar-refractivity contribution in [3.05, 3.63) is 87.6 Å². The number of urea groups is 1. The van der Waals surface area contributed by atoms with Crippen LogP contribution in [0.2, 0.25) is 0 Å². The van der Waals surface area contributed by atoms with Crippen molar-refractivity contribution in [3.8, 4) is 5.75 Å². The highest BCUT2D eigenvalue weighted by Gasteiger charge is 2.43. The van der Waals surface area contributed by atoms with Gasteiger partial charge < -0.3 is 14.2 Å². The number of nitrogens with zero attached hydrogens (tertiary/aromatic N) is 2. The van der Waals surface area contributed by atoms with Crippen LogP contribution in [0.15, 0.2) is 66.7 Å². The molecule has 3 atom stereocenters. The minimum absolute atomic E-state index is 0.0961. The predicted molar refractivity (Wildman–Crippen MR) is 169 cm³/mol. The number of rotatable bonds is 14. The normalized spacial score (nSPS) is 16.0. The van der Waals surface area contributed by atoms with Crippen LogP contribution in [0, 0.1) is 0 Å². The number of carbonyl (C=O) groups is 3. The zero-order valence-electron chi connectivity index (χ0n) is 24.2. The molecule has 4 rings (SSSR count). The molecule has 1 aromatic heterocycles. The molecule has 10 heteroatoms. The maximum Gasteiger partial charge on any atom is 0.348 e. The van der Waals surface area contributed by atoms with Gasteiger partial charge in [-0.3, -0.25) is 9.69 Å². The average Bonchev–Trinajstić information content (AvgIpc) is 3.58. The van der Waals surface area contributed by atoms with Gasteiger partial charge in [0.1, 0.15) is 16.7 Å². The Balaban J connectivity index is 1.47. The number of unbranched alkanes of at least 4 members (excludes halogenated alkanes) is 2. The second kappa shape index (κ2) is 15.1. The largest absolute Gasteiger partial charge is 0.497 e. The predicted octanol–water partition coefficient (Wildman–Crippen LogP) is 7.41. The molecule has 8 nitrogen and oxygen atoms in total. The highest BCUT2D eigenvalue weighted by molar-refractivity contribution is 7.16. The molecule has 0 aliphatic carbocycles. The van der Waals surface area contributed by atoms with Crippen LogP contribution >= 0.6 is 20.7 Å². The number of hydrogen-bond donors (Lipinski definition) is 0. The molecule has 3 aromatic rings. The molecular weight excluding hydrogens is 571 g/mol. The summed E-state index contributed by atoms with van der Waals surface area (Å²) in [7, 11) is 5.22. The number of imide groups is 1. The van der Waals surface area contributed by atoms with Crippen LogP contribution < -0.4 is 9.64 Å². The monoisotopic (exact) mass is 608 g/mol. The maximum absolute atomic E-state index is 13.1. The van der Waals surface area contributed by atoms with Crippen LogP contribution in [0.25, 0.3) is 6.08 Å². The molecule has 1 aliphatic heterocycles. The Morgan fingerprint density at radius 3 is 2.43 bits per heavy atom. The SMILES string of the molecule is CCCCCC(OCc1ccc(OC)cc1)c1ccc(N2C(=O)N(P)C(=O)C2C/C=C\c2ccc(C(=O)OC)s2)cc1. The fraction of sp³-hybridized carbons (Fsp3) is 0.344. The Kier molecular flexibility index (Phi) is 11.3. The number of carbonyl (C=O) groups excluding carboxylic acids is 3. The molecule has 1 saturated heterocycles. The fourth-order valence-electron chi connectivity index (χ4n) is 4.77. The van der Waals surface area contributed by atoms with E-state index in [1.54, 1.807) is 13.2 Å². The number of esters is 1. The molecule has 3 unspecified atom stereocenters. The minimum Gasteiger partial charge on any atom is -0.497 e. The van der Waals surface area contributed by atoms with Gasteiger partial charge >= 0.3 is 12.0 Å². The van der Waals surface area contributed by atoms with Crippen LogP contribution in [0.5, 0.6) is 5.75 Å². The standard InChI is InChI=1S/C32H37N2O6PS/c1-4-5-6-10-28(40-21-22-11-17-25(38-2)18-12-22)23-13-15-24(16-14-23)33-27(30(35)34(41)32(33)37)9-7-8-26-19-20-29(42-26)31(36)39-3/h7-8,11-20,27-28H,4-6,9-10,21,41H2,1-3H3/b8-7-. The fourth-order valence-corrected chi connectivity index (χ4v) is 5.92. The summed E-state index contributed by atoms with van der Waals surface area (Å²) in [5.74, 6) is 0.129. The van der Waals surface area contributed by atoms with Gasteiger partial charge in [-0.15, -0.1) is 11.3 Å². The summed E-state index contributed by atoms with van der Waals surface area (Å²) in [6.45, 7) is 2.65. The van der Waals surface area contributed by atoms with E-state index in [1.807, 2.05) is 66.7 Å². The van der Waals surface area contributed by atoms with Gasteiger partial charge in [-0.1, -0.05) is 56.5 Å². The molecule has 0 bridgehead atoms. The van der Waals surface area contributed by atoms with Crippen molar-refractivity contribution in [3.63, 3.8) is 0 Å². The topological polar surface area (TPSA) is 85.4 Å². The molecule has 3 amide bonds. The third-order valence-electron chi connectivity index (χ3n) is 7.12. The van der Waals surface area contributed by atoms with E-state index in [1.165, 1.54) is 23.3 Å². The molecule has 222 valence electrons. The summed E-state index contributed by atoms with van der Waals surface area (Å²) in [5.41, 5.74) is 2.74. The van der Waals surface area contributed by atoms with Crippen LogP contribution in [0.1, 0.15) is 70.8 Å². The number of thiophene rings is 1. The summed E-state index contributed by atoms with van der Waals surface area (Å²) in [5, 5.41) is 0. The van der Waals surface area contributed by atoms with Crippen LogP contribution in [-0.2, 0) is 20.9 Å². The van der Waals surface area contributed by atoms with E-state index in [-0.39, 0.29) is 18.0 Å². The number of anilines is 1. The molecule has 1 aliphatic rings. The lowest BCUT2D eigenvalue weighted by Gasteiger charge is -2.23. The second-order valence-corrected chi connectivity index (χ2v) is 11.6. The number of benzene rings is 2. The zero-order valence-corrected chi connectivity index (χ0v) is 26.1. The highest BCUT2D eigenvalue weighted by Crippen LogP contribution is 2.33. The third kappa shape index (κ3) is 7.65. The molecule has 42 heavy (non-hydrogen) atoms. The van der Waals surface area contributed by atoms with Crippen molar-refractivity contribution < 1.29 is 28.6 Å². The van der Waals surface area contributed by atoms with E-state index in [9.17, 15) is 14.4 Å².